The summed E-state index contributed by atoms with van der Waals surface area (Å²) in [5, 5.41) is 6.28. The van der Waals surface area contributed by atoms with Crippen molar-refractivity contribution < 1.29 is 0 Å². The van der Waals surface area contributed by atoms with Crippen LogP contribution in [0.4, 0.5) is 5.82 Å². The molecule has 3 aromatic rings. The molecule has 2 aromatic heterocycles. The number of anilines is 1. The van der Waals surface area contributed by atoms with Crippen molar-refractivity contribution in [2.24, 2.45) is 0 Å². The maximum absolute atomic E-state index is 5.63. The van der Waals surface area contributed by atoms with E-state index in [0.29, 0.717) is 5.82 Å². The summed E-state index contributed by atoms with van der Waals surface area (Å²) in [6.45, 7) is 0. The summed E-state index contributed by atoms with van der Waals surface area (Å²) < 4.78 is 1.29. The minimum Gasteiger partial charge on any atom is -0.383 e. The van der Waals surface area contributed by atoms with Crippen LogP contribution in [0.25, 0.3) is 20.7 Å². The van der Waals surface area contributed by atoms with Gasteiger partial charge in [-0.1, -0.05) is 18.2 Å². The molecule has 0 fully saturated rings. The number of thiazole rings is 1. The summed E-state index contributed by atoms with van der Waals surface area (Å²) in [5.41, 5.74) is 6.82. The Bertz CT molecular complexity index is 610. The maximum atomic E-state index is 5.63. The number of nitrogens with zero attached hydrogens (tertiary/aromatic N) is 1. The van der Waals surface area contributed by atoms with E-state index < -0.39 is 0 Å². The molecule has 1 aromatic carbocycles. The van der Waals surface area contributed by atoms with E-state index in [4.69, 9.17) is 5.73 Å². The van der Waals surface area contributed by atoms with Crippen LogP contribution in [-0.2, 0) is 0 Å². The molecule has 0 radical (unpaired) electrons. The van der Waals surface area contributed by atoms with E-state index in [9.17, 15) is 0 Å². The van der Waals surface area contributed by atoms with Gasteiger partial charge in [-0.2, -0.15) is 0 Å². The van der Waals surface area contributed by atoms with Crippen LogP contribution in [0.5, 0.6) is 0 Å². The smallest absolute Gasteiger partial charge is 0.135 e. The zero-order valence-electron chi connectivity index (χ0n) is 7.81. The Labute approximate surface area is 95.0 Å². The Morgan fingerprint density at radius 2 is 1.93 bits per heavy atom. The lowest BCUT2D eigenvalue weighted by atomic mass is 10.2. The highest BCUT2D eigenvalue weighted by Crippen LogP contribution is 2.35. The highest BCUT2D eigenvalue weighted by molar-refractivity contribution is 7.19. The lowest BCUT2D eigenvalue weighted by Gasteiger charge is -1.92. The molecule has 0 amide bonds. The number of hydrogen-bond acceptors (Lipinski definition) is 4. The first-order valence-corrected chi connectivity index (χ1v) is 6.28. The minimum atomic E-state index is 0.602. The van der Waals surface area contributed by atoms with Gasteiger partial charge in [-0.3, -0.25) is 0 Å². The molecular weight excluding hydrogens is 224 g/mol. The topological polar surface area (TPSA) is 38.9 Å². The third-order valence-corrected chi connectivity index (χ3v) is 4.09. The fourth-order valence-electron chi connectivity index (χ4n) is 1.55. The minimum absolute atomic E-state index is 0.602. The first kappa shape index (κ1) is 8.88. The van der Waals surface area contributed by atoms with Crippen molar-refractivity contribution in [3.05, 3.63) is 35.0 Å². The van der Waals surface area contributed by atoms with Crippen molar-refractivity contribution in [1.82, 2.24) is 4.98 Å². The van der Waals surface area contributed by atoms with Gasteiger partial charge in [0, 0.05) is 26.4 Å². The second kappa shape index (κ2) is 3.32. The lowest BCUT2D eigenvalue weighted by Crippen LogP contribution is -1.82. The van der Waals surface area contributed by atoms with Gasteiger partial charge >= 0.3 is 0 Å². The van der Waals surface area contributed by atoms with Crippen LogP contribution in [0.2, 0.25) is 0 Å². The maximum Gasteiger partial charge on any atom is 0.135 e. The second-order valence-electron chi connectivity index (χ2n) is 3.22. The quantitative estimate of drug-likeness (QED) is 0.696. The number of thiophene rings is 1. The first-order valence-electron chi connectivity index (χ1n) is 4.52. The number of aromatic nitrogens is 1. The number of hydrogen-bond donors (Lipinski definition) is 1. The molecule has 0 aliphatic carbocycles. The van der Waals surface area contributed by atoms with Gasteiger partial charge in [-0.05, 0) is 6.07 Å². The van der Waals surface area contributed by atoms with E-state index in [1.807, 2.05) is 5.38 Å². The number of benzene rings is 1. The Hall–Kier alpha value is -1.39. The van der Waals surface area contributed by atoms with E-state index in [-0.39, 0.29) is 0 Å². The molecule has 0 atom stereocenters. The van der Waals surface area contributed by atoms with Crippen LogP contribution < -0.4 is 5.73 Å². The molecule has 2 nitrogen and oxygen atoms in total. The molecule has 0 aliphatic heterocycles. The predicted molar refractivity (Wildman–Crippen MR) is 67.3 cm³/mol. The van der Waals surface area contributed by atoms with Crippen molar-refractivity contribution in [2.45, 2.75) is 0 Å². The van der Waals surface area contributed by atoms with Crippen LogP contribution in [0, 0.1) is 0 Å². The summed E-state index contributed by atoms with van der Waals surface area (Å²) in [6, 6.07) is 8.35. The highest BCUT2D eigenvalue weighted by atomic mass is 32.1. The van der Waals surface area contributed by atoms with Gasteiger partial charge in [0.2, 0.25) is 0 Å². The molecule has 3 rings (SSSR count). The zero-order chi connectivity index (χ0) is 10.3. The summed E-state index contributed by atoms with van der Waals surface area (Å²) >= 11 is 3.34. The van der Waals surface area contributed by atoms with Gasteiger partial charge in [0.1, 0.15) is 10.8 Å². The summed E-state index contributed by atoms with van der Waals surface area (Å²) in [7, 11) is 0. The molecule has 74 valence electrons. The van der Waals surface area contributed by atoms with Gasteiger partial charge < -0.3 is 5.73 Å². The number of rotatable bonds is 1. The third kappa shape index (κ3) is 1.42. The second-order valence-corrected chi connectivity index (χ2v) is 4.99. The Morgan fingerprint density at radius 3 is 2.73 bits per heavy atom. The van der Waals surface area contributed by atoms with Crippen molar-refractivity contribution in [3.8, 4) is 10.6 Å². The van der Waals surface area contributed by atoms with Gasteiger partial charge in [0.05, 0.1) is 0 Å². The molecule has 0 saturated heterocycles. The third-order valence-electron chi connectivity index (χ3n) is 2.23. The van der Waals surface area contributed by atoms with Crippen LogP contribution in [0.3, 0.4) is 0 Å². The number of fused-ring (bicyclic) bond motifs is 1. The van der Waals surface area contributed by atoms with Crippen LogP contribution in [-0.4, -0.2) is 4.98 Å². The molecule has 0 bridgehead atoms. The Morgan fingerprint density at radius 1 is 1.07 bits per heavy atom. The van der Waals surface area contributed by atoms with Gasteiger partial charge in [-0.15, -0.1) is 22.7 Å². The average molecular weight is 232 g/mol. The predicted octanol–water partition coefficient (Wildman–Crippen LogP) is 3.61. The molecule has 15 heavy (non-hydrogen) atoms. The van der Waals surface area contributed by atoms with Gasteiger partial charge in [-0.25, -0.2) is 4.98 Å². The van der Waals surface area contributed by atoms with E-state index in [1.165, 1.54) is 15.6 Å². The van der Waals surface area contributed by atoms with Gasteiger partial charge in [0.25, 0.3) is 0 Å². The molecule has 2 N–H and O–H groups in total. The summed E-state index contributed by atoms with van der Waals surface area (Å²) in [5.74, 6) is 0.602. The Kier molecular flexibility index (Phi) is 1.97. The number of nitrogens with two attached hydrogens (primary N) is 1. The van der Waals surface area contributed by atoms with Crippen molar-refractivity contribution in [1.29, 1.82) is 0 Å². The van der Waals surface area contributed by atoms with Crippen LogP contribution in [0.15, 0.2) is 35.0 Å². The molecule has 0 saturated carbocycles. The molecule has 0 aliphatic rings. The molecular formula is C11H8N2S2. The standard InChI is InChI=1S/C11H8N2S2/c12-10-6-15-11(13-10)8-5-14-9-4-2-1-3-7(8)9/h1-6H,12H2. The van der Waals surface area contributed by atoms with Gasteiger partial charge in [0.15, 0.2) is 0 Å². The van der Waals surface area contributed by atoms with E-state index >= 15 is 0 Å². The van der Waals surface area contributed by atoms with Crippen LogP contribution >= 0.6 is 22.7 Å². The van der Waals surface area contributed by atoms with E-state index in [0.717, 1.165) is 5.01 Å². The molecule has 4 heteroatoms. The van der Waals surface area contributed by atoms with Crippen molar-refractivity contribution in [2.75, 3.05) is 5.73 Å². The largest absolute Gasteiger partial charge is 0.383 e. The molecule has 0 unspecified atom stereocenters. The summed E-state index contributed by atoms with van der Waals surface area (Å²) in [6.07, 6.45) is 0. The monoisotopic (exact) mass is 232 g/mol. The van der Waals surface area contributed by atoms with E-state index in [1.54, 1.807) is 22.7 Å². The highest BCUT2D eigenvalue weighted by Gasteiger charge is 2.08. The molecule has 2 heterocycles. The lowest BCUT2D eigenvalue weighted by molar-refractivity contribution is 1.43. The fraction of sp³-hybridized carbons (Fsp3) is 0. The van der Waals surface area contributed by atoms with Crippen molar-refractivity contribution >= 4 is 38.6 Å². The summed E-state index contributed by atoms with van der Waals surface area (Å²) in [4.78, 5) is 4.31. The van der Waals surface area contributed by atoms with Crippen molar-refractivity contribution in [3.63, 3.8) is 0 Å². The van der Waals surface area contributed by atoms with Crippen LogP contribution in [0.1, 0.15) is 0 Å². The fourth-order valence-corrected chi connectivity index (χ4v) is 3.31. The molecule has 0 spiro atoms. The Balaban J connectivity index is 2.27. The average Bonchev–Trinajstić information content (AvgIpc) is 2.83. The number of nitrogen functional groups attached to an aromatic ring is 1. The SMILES string of the molecule is Nc1csc(-c2csc3ccccc23)n1. The zero-order valence-corrected chi connectivity index (χ0v) is 9.44. The normalized spacial score (nSPS) is 10.9. The first-order chi connectivity index (χ1) is 7.34. The van der Waals surface area contributed by atoms with E-state index in [2.05, 4.69) is 34.6 Å².